The first-order valence-electron chi connectivity index (χ1n) is 8.48. The maximum atomic E-state index is 11.7. The third kappa shape index (κ3) is 10.5. The van der Waals surface area contributed by atoms with Crippen LogP contribution >= 0.6 is 35.7 Å². The van der Waals surface area contributed by atoms with E-state index < -0.39 is 0 Å². The lowest BCUT2D eigenvalue weighted by atomic mass is 10.3. The quantitative estimate of drug-likeness (QED) is 0.217. The summed E-state index contributed by atoms with van der Waals surface area (Å²) in [6, 6.07) is 7.54. The van der Waals surface area contributed by atoms with Crippen LogP contribution < -0.4 is 20.1 Å². The highest BCUT2D eigenvalue weighted by molar-refractivity contribution is 14.0. The van der Waals surface area contributed by atoms with Gasteiger partial charge in [0.25, 0.3) is 0 Å². The molecule has 0 saturated heterocycles. The van der Waals surface area contributed by atoms with Crippen molar-refractivity contribution >= 4 is 47.6 Å². The number of guanidine groups is 1. The Morgan fingerprint density at radius 3 is 2.52 bits per heavy atom. The number of amides is 1. The fraction of sp³-hybridized carbons (Fsp3) is 0.556. The zero-order chi connectivity index (χ0) is 19.4. The van der Waals surface area contributed by atoms with Crippen LogP contribution in [0.4, 0.5) is 0 Å². The van der Waals surface area contributed by atoms with Crippen molar-refractivity contribution in [1.29, 1.82) is 0 Å². The number of methoxy groups -OCH3 is 1. The van der Waals surface area contributed by atoms with Crippen molar-refractivity contribution in [2.75, 3.05) is 52.8 Å². The third-order valence-corrected chi connectivity index (χ3v) is 4.04. The van der Waals surface area contributed by atoms with Crippen molar-refractivity contribution in [1.82, 2.24) is 15.5 Å². The highest BCUT2D eigenvalue weighted by atomic mass is 127. The van der Waals surface area contributed by atoms with Gasteiger partial charge in [0.2, 0.25) is 5.91 Å². The summed E-state index contributed by atoms with van der Waals surface area (Å²) in [5.41, 5.74) is 0. The van der Waals surface area contributed by atoms with Crippen molar-refractivity contribution in [3.63, 3.8) is 0 Å². The maximum Gasteiger partial charge on any atom is 0.243 e. The molecular weight excluding hydrogens is 479 g/mol. The molecule has 0 aromatic heterocycles. The van der Waals surface area contributed by atoms with Gasteiger partial charge in [-0.2, -0.15) is 11.8 Å². The summed E-state index contributed by atoms with van der Waals surface area (Å²) < 4.78 is 11.2. The first kappa shape index (κ1) is 25.6. The number of aliphatic imine (C=N–C) groups is 1. The second kappa shape index (κ2) is 14.7. The first-order valence-corrected chi connectivity index (χ1v) is 9.88. The van der Waals surface area contributed by atoms with E-state index in [2.05, 4.69) is 15.6 Å². The summed E-state index contributed by atoms with van der Waals surface area (Å²) in [4.78, 5) is 17.6. The van der Waals surface area contributed by atoms with E-state index in [0.29, 0.717) is 24.0 Å². The number of carbonyl (C=O) groups is 1. The average Bonchev–Trinajstić information content (AvgIpc) is 2.63. The lowest BCUT2D eigenvalue weighted by molar-refractivity contribution is -0.127. The Bertz CT molecular complexity index is 587. The number of nitrogens with zero attached hydrogens (tertiary/aromatic N) is 2. The lowest BCUT2D eigenvalue weighted by Crippen LogP contribution is -2.43. The number of halogens is 1. The summed E-state index contributed by atoms with van der Waals surface area (Å²) in [7, 11) is 5.05. The normalized spacial score (nSPS) is 11.8. The zero-order valence-electron chi connectivity index (χ0n) is 16.7. The summed E-state index contributed by atoms with van der Waals surface area (Å²) in [6.45, 7) is 3.37. The number of likely N-dealkylation sites (N-methyl/N-ethyl adjacent to an activating group) is 1. The van der Waals surface area contributed by atoms with Gasteiger partial charge in [-0.25, -0.2) is 4.99 Å². The summed E-state index contributed by atoms with van der Waals surface area (Å²) in [6.07, 6.45) is 1.94. The predicted molar refractivity (Wildman–Crippen MR) is 124 cm³/mol. The number of ether oxygens (including phenoxy) is 2. The number of thioether (sulfide) groups is 1. The zero-order valence-corrected chi connectivity index (χ0v) is 19.8. The largest absolute Gasteiger partial charge is 0.493 e. The van der Waals surface area contributed by atoms with E-state index in [9.17, 15) is 4.79 Å². The minimum atomic E-state index is -0.108. The van der Waals surface area contributed by atoms with Gasteiger partial charge in [-0.05, 0) is 25.3 Å². The minimum Gasteiger partial charge on any atom is -0.493 e. The van der Waals surface area contributed by atoms with E-state index in [1.165, 1.54) is 4.90 Å². The van der Waals surface area contributed by atoms with Crippen LogP contribution in [0.25, 0.3) is 0 Å². The number of para-hydroxylation sites is 2. The standard InChI is InChI=1S/C18H30N4O3S.HI/c1-14(25-16-9-7-6-8-15(16)24-4)12-20-18(19-10-11-26-5)21-13-17(23)22(2)3;/h6-9,14H,10-13H2,1-5H3,(H2,19,20,21);1H. The molecule has 1 amide bonds. The average molecular weight is 510 g/mol. The number of hydrogen-bond donors (Lipinski definition) is 2. The van der Waals surface area contributed by atoms with Gasteiger partial charge >= 0.3 is 0 Å². The molecule has 1 unspecified atom stereocenters. The van der Waals surface area contributed by atoms with E-state index in [0.717, 1.165) is 12.3 Å². The van der Waals surface area contributed by atoms with Crippen LogP contribution in [0.5, 0.6) is 11.5 Å². The molecule has 0 aliphatic heterocycles. The fourth-order valence-corrected chi connectivity index (χ4v) is 2.26. The van der Waals surface area contributed by atoms with Crippen molar-refractivity contribution in [2.24, 2.45) is 4.99 Å². The van der Waals surface area contributed by atoms with Crippen LogP contribution in [-0.2, 0) is 4.79 Å². The molecule has 0 bridgehead atoms. The van der Waals surface area contributed by atoms with Crippen molar-refractivity contribution in [3.05, 3.63) is 24.3 Å². The Hall–Kier alpha value is -1.36. The first-order chi connectivity index (χ1) is 12.5. The van der Waals surface area contributed by atoms with E-state index in [-0.39, 0.29) is 42.5 Å². The van der Waals surface area contributed by atoms with Gasteiger partial charge in [0.05, 0.1) is 13.7 Å². The second-order valence-electron chi connectivity index (χ2n) is 5.83. The van der Waals surface area contributed by atoms with Gasteiger partial charge in [0.15, 0.2) is 17.5 Å². The Balaban J connectivity index is 0.00000676. The summed E-state index contributed by atoms with van der Waals surface area (Å²) in [5.74, 6) is 2.90. The van der Waals surface area contributed by atoms with Crippen LogP contribution in [0.1, 0.15) is 6.92 Å². The van der Waals surface area contributed by atoms with Crippen LogP contribution in [0.2, 0.25) is 0 Å². The molecule has 1 rings (SSSR count). The molecule has 7 nitrogen and oxygen atoms in total. The molecular formula is C18H31IN4O3S. The molecule has 0 heterocycles. The number of nitrogens with one attached hydrogen (secondary N) is 2. The molecule has 1 aromatic rings. The topological polar surface area (TPSA) is 75.2 Å². The molecule has 0 aliphatic carbocycles. The summed E-state index contributed by atoms with van der Waals surface area (Å²) >= 11 is 1.74. The molecule has 1 atom stereocenters. The predicted octanol–water partition coefficient (Wildman–Crippen LogP) is 2.07. The van der Waals surface area contributed by atoms with E-state index >= 15 is 0 Å². The van der Waals surface area contributed by atoms with Crippen molar-refractivity contribution in [2.45, 2.75) is 13.0 Å². The molecule has 0 aliphatic rings. The number of rotatable bonds is 10. The molecule has 0 saturated carbocycles. The van der Waals surface area contributed by atoms with Gasteiger partial charge in [-0.15, -0.1) is 24.0 Å². The molecule has 154 valence electrons. The van der Waals surface area contributed by atoms with Gasteiger partial charge < -0.3 is 25.0 Å². The molecule has 2 N–H and O–H groups in total. The Morgan fingerprint density at radius 2 is 1.93 bits per heavy atom. The molecule has 9 heteroatoms. The second-order valence-corrected chi connectivity index (χ2v) is 6.82. The van der Waals surface area contributed by atoms with Crippen molar-refractivity contribution in [3.8, 4) is 11.5 Å². The Labute approximate surface area is 183 Å². The van der Waals surface area contributed by atoms with Gasteiger partial charge in [-0.1, -0.05) is 12.1 Å². The van der Waals surface area contributed by atoms with Gasteiger partial charge in [0, 0.05) is 26.4 Å². The highest BCUT2D eigenvalue weighted by Gasteiger charge is 2.10. The Kier molecular flexibility index (Phi) is 13.9. The summed E-state index contributed by atoms with van der Waals surface area (Å²) in [5, 5.41) is 6.45. The minimum absolute atomic E-state index is 0. The monoisotopic (exact) mass is 510 g/mol. The molecule has 1 aromatic carbocycles. The molecule has 0 radical (unpaired) electrons. The third-order valence-electron chi connectivity index (χ3n) is 3.42. The van der Waals surface area contributed by atoms with Gasteiger partial charge in [0.1, 0.15) is 12.6 Å². The SMILES string of the molecule is COc1ccccc1OC(C)CNC(=NCC(=O)N(C)C)NCCSC.I. The molecule has 0 fully saturated rings. The van der Waals surface area contributed by atoms with Crippen LogP contribution in [0.15, 0.2) is 29.3 Å². The maximum absolute atomic E-state index is 11.7. The van der Waals surface area contributed by atoms with E-state index in [4.69, 9.17) is 9.47 Å². The smallest absolute Gasteiger partial charge is 0.243 e. The van der Waals surface area contributed by atoms with Crippen LogP contribution in [0.3, 0.4) is 0 Å². The number of hydrogen-bond acceptors (Lipinski definition) is 5. The highest BCUT2D eigenvalue weighted by Crippen LogP contribution is 2.26. The van der Waals surface area contributed by atoms with Crippen LogP contribution in [-0.4, -0.2) is 75.7 Å². The molecule has 27 heavy (non-hydrogen) atoms. The molecule has 0 spiro atoms. The van der Waals surface area contributed by atoms with E-state index in [1.807, 2.05) is 37.4 Å². The fourth-order valence-electron chi connectivity index (χ4n) is 1.95. The lowest BCUT2D eigenvalue weighted by Gasteiger charge is -2.19. The van der Waals surface area contributed by atoms with Crippen LogP contribution in [0, 0.1) is 0 Å². The van der Waals surface area contributed by atoms with Gasteiger partial charge in [-0.3, -0.25) is 4.79 Å². The van der Waals surface area contributed by atoms with E-state index in [1.54, 1.807) is 33.0 Å². The number of carbonyl (C=O) groups excluding carboxylic acids is 1. The Morgan fingerprint density at radius 1 is 1.26 bits per heavy atom. The van der Waals surface area contributed by atoms with Crippen molar-refractivity contribution < 1.29 is 14.3 Å². The number of benzene rings is 1.